The van der Waals surface area contributed by atoms with Gasteiger partial charge in [0.25, 0.3) is 0 Å². The molecule has 3 aliphatic rings. The molecule has 0 bridgehead atoms. The van der Waals surface area contributed by atoms with Crippen LogP contribution in [0.2, 0.25) is 0 Å². The minimum absolute atomic E-state index is 0.295. The molecule has 1 N–H and O–H groups in total. The molecule has 8 rings (SSSR count). The Morgan fingerprint density at radius 2 is 1.37 bits per heavy atom. The highest BCUT2D eigenvalue weighted by atomic mass is 32.2. The van der Waals surface area contributed by atoms with E-state index in [1.165, 1.54) is 34.1 Å². The Hall–Kier alpha value is -4.03. The molecule has 4 atom stereocenters. The topological polar surface area (TPSA) is 78.6 Å². The van der Waals surface area contributed by atoms with Gasteiger partial charge in [-0.2, -0.15) is 0 Å². The third-order valence-corrected chi connectivity index (χ3v) is 16.3. The predicted octanol–water partition coefficient (Wildman–Crippen LogP) is 10.8. The molecular formula is C52H63N3O5S2. The van der Waals surface area contributed by atoms with E-state index in [1.54, 1.807) is 7.11 Å². The maximum absolute atomic E-state index is 11.6. The number of methoxy groups -OCH3 is 1. The van der Waals surface area contributed by atoms with E-state index in [0.29, 0.717) is 12.1 Å². The van der Waals surface area contributed by atoms with Gasteiger partial charge in [0.05, 0.1) is 19.5 Å². The average Bonchev–Trinajstić information content (AvgIpc) is 3.74. The molecule has 2 saturated heterocycles. The number of carbonyl (C=O) groups is 1. The number of piperidine rings is 1. The van der Waals surface area contributed by atoms with Crippen molar-refractivity contribution in [1.29, 1.82) is 0 Å². The van der Waals surface area contributed by atoms with Crippen molar-refractivity contribution in [2.45, 2.75) is 68.2 Å². The van der Waals surface area contributed by atoms with E-state index in [-0.39, 0.29) is 22.2 Å². The lowest BCUT2D eigenvalue weighted by Gasteiger charge is -2.48. The molecule has 5 aromatic rings. The van der Waals surface area contributed by atoms with E-state index in [9.17, 15) is 9.90 Å². The van der Waals surface area contributed by atoms with Crippen LogP contribution in [0.3, 0.4) is 0 Å². The molecule has 1 aromatic heterocycles. The van der Waals surface area contributed by atoms with Crippen molar-refractivity contribution in [2.75, 3.05) is 71.0 Å². The number of likely N-dealkylation sites (tertiary alicyclic amines) is 1. The lowest BCUT2D eigenvalue weighted by Crippen LogP contribution is -2.48. The normalized spacial score (nSPS) is 23.6. The van der Waals surface area contributed by atoms with Gasteiger partial charge in [0.2, 0.25) is 0 Å². The first kappa shape index (κ1) is 44.6. The van der Waals surface area contributed by atoms with Crippen LogP contribution in [0, 0.1) is 5.41 Å². The van der Waals surface area contributed by atoms with Crippen LogP contribution in [0.4, 0.5) is 0 Å². The monoisotopic (exact) mass is 873 g/mol. The highest BCUT2D eigenvalue weighted by Gasteiger charge is 2.49. The Balaban J connectivity index is 0.924. The van der Waals surface area contributed by atoms with Crippen LogP contribution in [-0.4, -0.2) is 107 Å². The second kappa shape index (κ2) is 20.6. The van der Waals surface area contributed by atoms with E-state index >= 15 is 0 Å². The number of carboxylic acids is 1. The molecule has 4 unspecified atom stereocenters. The van der Waals surface area contributed by atoms with Crippen molar-refractivity contribution in [2.24, 2.45) is 5.41 Å². The zero-order valence-corrected chi connectivity index (χ0v) is 38.3. The number of thioether (sulfide) groups is 2. The number of hydrogen-bond donors (Lipinski definition) is 1. The third kappa shape index (κ3) is 10.5. The van der Waals surface area contributed by atoms with E-state index in [4.69, 9.17) is 13.9 Å². The zero-order chi connectivity index (χ0) is 42.9. The first-order valence-corrected chi connectivity index (χ1v) is 24.4. The second-order valence-corrected chi connectivity index (χ2v) is 20.8. The molecule has 10 heteroatoms. The van der Waals surface area contributed by atoms with Crippen molar-refractivity contribution in [3.63, 3.8) is 0 Å². The molecule has 62 heavy (non-hydrogen) atoms. The zero-order valence-electron chi connectivity index (χ0n) is 36.6. The van der Waals surface area contributed by atoms with Crippen LogP contribution >= 0.6 is 23.5 Å². The highest BCUT2D eigenvalue weighted by Crippen LogP contribution is 2.56. The quantitative estimate of drug-likeness (QED) is 0.0860. The molecule has 0 saturated carbocycles. The van der Waals surface area contributed by atoms with Crippen molar-refractivity contribution >= 4 is 40.5 Å². The summed E-state index contributed by atoms with van der Waals surface area (Å²) in [4.78, 5) is 19.6. The van der Waals surface area contributed by atoms with Gasteiger partial charge in [-0.15, -0.1) is 23.5 Å². The van der Waals surface area contributed by atoms with Gasteiger partial charge in [-0.25, -0.2) is 4.79 Å². The summed E-state index contributed by atoms with van der Waals surface area (Å²) >= 11 is 4.01. The minimum atomic E-state index is -0.955. The molecule has 2 fully saturated rings. The first-order chi connectivity index (χ1) is 30.2. The van der Waals surface area contributed by atoms with Gasteiger partial charge in [0, 0.05) is 80.4 Å². The number of piperazine rings is 1. The molecular weight excluding hydrogens is 811 g/mol. The molecule has 0 amide bonds. The molecule has 4 aromatic carbocycles. The number of rotatable bonds is 18. The van der Waals surface area contributed by atoms with Crippen LogP contribution < -0.4 is 0 Å². The van der Waals surface area contributed by atoms with Crippen molar-refractivity contribution < 1.29 is 23.8 Å². The fourth-order valence-electron chi connectivity index (χ4n) is 9.98. The lowest BCUT2D eigenvalue weighted by atomic mass is 9.77. The summed E-state index contributed by atoms with van der Waals surface area (Å²) in [7, 11) is 1.77. The van der Waals surface area contributed by atoms with Crippen molar-refractivity contribution in [3.05, 3.63) is 144 Å². The van der Waals surface area contributed by atoms with Crippen LogP contribution in [0.25, 0.3) is 22.1 Å². The third-order valence-electron chi connectivity index (χ3n) is 13.2. The van der Waals surface area contributed by atoms with Crippen LogP contribution in [0.1, 0.15) is 68.3 Å². The second-order valence-electron chi connectivity index (χ2n) is 17.7. The molecule has 0 spiro atoms. The summed E-state index contributed by atoms with van der Waals surface area (Å²) in [5.74, 6) is 1.85. The minimum Gasteiger partial charge on any atom is -0.499 e. The first-order valence-electron chi connectivity index (χ1n) is 22.5. The van der Waals surface area contributed by atoms with Crippen LogP contribution in [-0.2, 0) is 20.7 Å². The van der Waals surface area contributed by atoms with Gasteiger partial charge in [0.15, 0.2) is 0 Å². The van der Waals surface area contributed by atoms with Gasteiger partial charge < -0.3 is 23.9 Å². The average molecular weight is 874 g/mol. The SMILES string of the molecule is COC1=CC(OCC(=O)O)C(C)(C)CC1(SCCN1CCN(CCc2cccc3c(-c4ccccc4)coc23)CC1)SCCN1C(c2ccccc2)CCCC1c1ccccc1. The summed E-state index contributed by atoms with van der Waals surface area (Å²) in [5.41, 5.74) is 7.10. The Bertz CT molecular complexity index is 2180. The van der Waals surface area contributed by atoms with Crippen molar-refractivity contribution in [3.8, 4) is 11.1 Å². The molecule has 2 aliphatic heterocycles. The van der Waals surface area contributed by atoms with E-state index < -0.39 is 5.97 Å². The lowest BCUT2D eigenvalue weighted by molar-refractivity contribution is -0.145. The summed E-state index contributed by atoms with van der Waals surface area (Å²) in [6.07, 6.45) is 8.92. The van der Waals surface area contributed by atoms with Gasteiger partial charge >= 0.3 is 5.97 Å². The summed E-state index contributed by atoms with van der Waals surface area (Å²) in [6.45, 7) is 11.3. The largest absolute Gasteiger partial charge is 0.499 e. The van der Waals surface area contributed by atoms with Crippen LogP contribution in [0.15, 0.2) is 132 Å². The summed E-state index contributed by atoms with van der Waals surface area (Å²) in [5, 5.41) is 10.7. The van der Waals surface area contributed by atoms with Gasteiger partial charge in [-0.1, -0.05) is 123 Å². The fraction of sp³-hybridized carbons (Fsp3) is 0.442. The number of nitrogens with zero attached hydrogens (tertiary/aromatic N) is 3. The van der Waals surface area contributed by atoms with Crippen LogP contribution in [0.5, 0.6) is 0 Å². The van der Waals surface area contributed by atoms with Gasteiger partial charge in [-0.3, -0.25) is 9.80 Å². The van der Waals surface area contributed by atoms with E-state index in [1.807, 2.05) is 29.8 Å². The number of para-hydroxylation sites is 1. The number of aliphatic carboxylic acids is 1. The number of carboxylic acid groups (broad SMARTS) is 1. The predicted molar refractivity (Wildman–Crippen MR) is 256 cm³/mol. The number of fused-ring (bicyclic) bond motifs is 1. The van der Waals surface area contributed by atoms with E-state index in [2.05, 4.69) is 144 Å². The number of ether oxygens (including phenoxy) is 2. The molecule has 328 valence electrons. The number of benzene rings is 4. The molecule has 0 radical (unpaired) electrons. The summed E-state index contributed by atoms with van der Waals surface area (Å²) in [6, 6.07) is 39.9. The Morgan fingerprint density at radius 3 is 1.98 bits per heavy atom. The highest BCUT2D eigenvalue weighted by molar-refractivity contribution is 8.18. The smallest absolute Gasteiger partial charge is 0.329 e. The van der Waals surface area contributed by atoms with Gasteiger partial charge in [0.1, 0.15) is 22.0 Å². The standard InChI is InChI=1S/C52H63N3O5S2/c1-51(2)38-52(48(58-3)35-47(51)59-37-49(56)57,62-34-32-55-45(40-17-9-5-10-18-40)23-14-24-46(55)41-19-11-6-12-20-41)61-33-31-54-29-27-53(28-30-54)26-25-42-21-13-22-43-44(36-60-50(42)43)39-15-7-4-8-16-39/h4-13,15-22,35-36,45-47H,14,23-34,37-38H2,1-3H3,(H,56,57). The summed E-state index contributed by atoms with van der Waals surface area (Å²) < 4.78 is 18.1. The molecule has 3 heterocycles. The fourth-order valence-corrected chi connectivity index (χ4v) is 13.7. The number of furan rings is 1. The Kier molecular flexibility index (Phi) is 14.8. The van der Waals surface area contributed by atoms with E-state index in [0.717, 1.165) is 99.9 Å². The molecule has 1 aliphatic carbocycles. The Morgan fingerprint density at radius 1 is 0.774 bits per heavy atom. The van der Waals surface area contributed by atoms with Gasteiger partial charge in [-0.05, 0) is 65.8 Å². The number of hydrogen-bond acceptors (Lipinski definition) is 9. The molecule has 8 nitrogen and oxygen atoms in total. The maximum atomic E-state index is 11.6. The maximum Gasteiger partial charge on any atom is 0.329 e. The van der Waals surface area contributed by atoms with Crippen molar-refractivity contribution in [1.82, 2.24) is 14.7 Å². The Labute approximate surface area is 377 Å².